The molecule has 1 aliphatic rings. The summed E-state index contributed by atoms with van der Waals surface area (Å²) in [6.45, 7) is 5.73. The third-order valence-electron chi connectivity index (χ3n) is 5.59. The molecule has 1 amide bonds. The number of hydrogen-bond donors (Lipinski definition) is 0. The van der Waals surface area contributed by atoms with Gasteiger partial charge in [0.2, 0.25) is 5.91 Å². The Morgan fingerprint density at radius 1 is 1.23 bits per heavy atom. The number of aromatic nitrogens is 2. The first-order chi connectivity index (χ1) is 14.5. The van der Waals surface area contributed by atoms with Crippen molar-refractivity contribution >= 4 is 18.0 Å². The predicted molar refractivity (Wildman–Crippen MR) is 117 cm³/mol. The van der Waals surface area contributed by atoms with Crippen LogP contribution in [0.5, 0.6) is 0 Å². The fourth-order valence-corrected chi connectivity index (χ4v) is 3.99. The molecule has 2 heterocycles. The maximum absolute atomic E-state index is 12.9. The first-order valence-corrected chi connectivity index (χ1v) is 10.7. The zero-order valence-corrected chi connectivity index (χ0v) is 17.9. The Hall–Kier alpha value is -2.89. The number of likely N-dealkylation sites (tertiary alicyclic amines) is 1. The summed E-state index contributed by atoms with van der Waals surface area (Å²) in [5.41, 5.74) is 1.35. The lowest BCUT2D eigenvalue weighted by molar-refractivity contribution is -0.160. The topological polar surface area (TPSA) is 64.4 Å². The molecule has 0 saturated carbocycles. The van der Waals surface area contributed by atoms with Crippen LogP contribution in [0.1, 0.15) is 43.9 Å². The van der Waals surface area contributed by atoms with Crippen LogP contribution in [0.2, 0.25) is 0 Å². The zero-order valence-electron chi connectivity index (χ0n) is 17.9. The second kappa shape index (κ2) is 10.2. The average Bonchev–Trinajstić information content (AvgIpc) is 3.18. The lowest BCUT2D eigenvalue weighted by atomic mass is 9.76. The molecule has 1 saturated heterocycles. The highest BCUT2D eigenvalue weighted by atomic mass is 16.5. The van der Waals surface area contributed by atoms with Gasteiger partial charge in [-0.05, 0) is 44.7 Å². The van der Waals surface area contributed by atoms with Gasteiger partial charge in [0.05, 0.1) is 17.7 Å². The lowest BCUT2D eigenvalue weighted by Gasteiger charge is -2.40. The smallest absolute Gasteiger partial charge is 0.314 e. The fourth-order valence-electron chi connectivity index (χ4n) is 3.99. The Kier molecular flexibility index (Phi) is 7.44. The maximum atomic E-state index is 12.9. The van der Waals surface area contributed by atoms with Gasteiger partial charge in [0, 0.05) is 32.3 Å². The molecule has 30 heavy (non-hydrogen) atoms. The third-order valence-corrected chi connectivity index (χ3v) is 5.59. The highest BCUT2D eigenvalue weighted by molar-refractivity contribution is 5.81. The van der Waals surface area contributed by atoms with Crippen LogP contribution >= 0.6 is 0 Å². The number of carbonyl (C=O) groups excluding carboxylic acids is 2. The summed E-state index contributed by atoms with van der Waals surface area (Å²) in [6, 6.07) is 11.9. The Morgan fingerprint density at radius 2 is 2.03 bits per heavy atom. The molecular weight excluding hydrogens is 378 g/mol. The van der Waals surface area contributed by atoms with Gasteiger partial charge in [-0.2, -0.15) is 5.10 Å². The van der Waals surface area contributed by atoms with E-state index < -0.39 is 5.41 Å². The number of ether oxygens (including phenoxy) is 1. The molecule has 160 valence electrons. The van der Waals surface area contributed by atoms with E-state index in [4.69, 9.17) is 4.74 Å². The summed E-state index contributed by atoms with van der Waals surface area (Å²) in [7, 11) is 0. The monoisotopic (exact) mass is 409 g/mol. The molecule has 0 radical (unpaired) electrons. The van der Waals surface area contributed by atoms with Crippen LogP contribution < -0.4 is 0 Å². The van der Waals surface area contributed by atoms with E-state index in [1.807, 2.05) is 73.5 Å². The molecule has 0 spiro atoms. The van der Waals surface area contributed by atoms with E-state index in [0.29, 0.717) is 39.1 Å². The molecule has 1 fully saturated rings. The Bertz CT molecular complexity index is 875. The van der Waals surface area contributed by atoms with E-state index in [1.54, 1.807) is 4.68 Å². The molecule has 0 aliphatic carbocycles. The predicted octanol–water partition coefficient (Wildman–Crippen LogP) is 3.86. The number of nitrogens with zero attached hydrogens (tertiary/aromatic N) is 3. The third kappa shape index (κ3) is 5.59. The molecule has 1 aliphatic heterocycles. The van der Waals surface area contributed by atoms with Crippen LogP contribution in [0.4, 0.5) is 0 Å². The number of piperidine rings is 1. The number of hydrogen-bond acceptors (Lipinski definition) is 4. The van der Waals surface area contributed by atoms with Gasteiger partial charge in [-0.15, -0.1) is 0 Å². The molecule has 1 aromatic carbocycles. The lowest BCUT2D eigenvalue weighted by Crippen LogP contribution is -2.50. The van der Waals surface area contributed by atoms with E-state index in [1.165, 1.54) is 0 Å². The number of amides is 1. The molecule has 0 unspecified atom stereocenters. The van der Waals surface area contributed by atoms with Crippen molar-refractivity contribution in [3.05, 3.63) is 59.9 Å². The molecule has 6 nitrogen and oxygen atoms in total. The molecule has 3 rings (SSSR count). The minimum atomic E-state index is -0.683. The van der Waals surface area contributed by atoms with E-state index in [0.717, 1.165) is 24.1 Å². The van der Waals surface area contributed by atoms with Crippen molar-refractivity contribution in [1.29, 1.82) is 0 Å². The zero-order chi connectivity index (χ0) is 21.4. The summed E-state index contributed by atoms with van der Waals surface area (Å²) >= 11 is 0. The van der Waals surface area contributed by atoms with E-state index in [9.17, 15) is 9.59 Å². The van der Waals surface area contributed by atoms with Gasteiger partial charge in [-0.1, -0.05) is 42.5 Å². The van der Waals surface area contributed by atoms with Crippen LogP contribution in [0.25, 0.3) is 6.08 Å². The van der Waals surface area contributed by atoms with Gasteiger partial charge in [0.1, 0.15) is 0 Å². The molecule has 0 bridgehead atoms. The van der Waals surface area contributed by atoms with Crippen LogP contribution in [-0.4, -0.2) is 46.3 Å². The van der Waals surface area contributed by atoms with Gasteiger partial charge in [0.25, 0.3) is 0 Å². The van der Waals surface area contributed by atoms with Gasteiger partial charge in [0.15, 0.2) is 0 Å². The summed E-state index contributed by atoms with van der Waals surface area (Å²) in [6.07, 6.45) is 8.41. The second-order valence-corrected chi connectivity index (χ2v) is 7.91. The van der Waals surface area contributed by atoms with Crippen molar-refractivity contribution in [3.8, 4) is 0 Å². The van der Waals surface area contributed by atoms with Gasteiger partial charge in [-0.3, -0.25) is 14.3 Å². The number of carbonyl (C=O) groups is 2. The highest BCUT2D eigenvalue weighted by Gasteiger charge is 2.43. The molecule has 6 heteroatoms. The summed E-state index contributed by atoms with van der Waals surface area (Å²) in [5.74, 6) is -0.147. The van der Waals surface area contributed by atoms with Crippen molar-refractivity contribution in [2.75, 3.05) is 19.7 Å². The Balaban J connectivity index is 1.67. The highest BCUT2D eigenvalue weighted by Crippen LogP contribution is 2.36. The van der Waals surface area contributed by atoms with E-state index >= 15 is 0 Å². The van der Waals surface area contributed by atoms with Crippen LogP contribution in [-0.2, 0) is 20.9 Å². The summed E-state index contributed by atoms with van der Waals surface area (Å²) < 4.78 is 7.21. The van der Waals surface area contributed by atoms with Crippen LogP contribution in [0.3, 0.4) is 0 Å². The van der Waals surface area contributed by atoms with E-state index in [-0.39, 0.29) is 11.9 Å². The fraction of sp³-hybridized carbons (Fsp3) is 0.458. The molecular formula is C24H31N3O3. The van der Waals surface area contributed by atoms with Gasteiger partial charge in [-0.25, -0.2) is 0 Å². The Labute approximate surface area is 178 Å². The van der Waals surface area contributed by atoms with Crippen LogP contribution in [0.15, 0.2) is 48.7 Å². The van der Waals surface area contributed by atoms with Gasteiger partial charge < -0.3 is 9.64 Å². The van der Waals surface area contributed by atoms with Crippen molar-refractivity contribution in [2.45, 2.75) is 46.1 Å². The average molecular weight is 410 g/mol. The summed E-state index contributed by atoms with van der Waals surface area (Å²) in [5, 5.41) is 4.34. The molecule has 0 N–H and O–H groups in total. The van der Waals surface area contributed by atoms with Crippen molar-refractivity contribution in [2.24, 2.45) is 5.41 Å². The first kappa shape index (κ1) is 21.8. The van der Waals surface area contributed by atoms with Gasteiger partial charge >= 0.3 is 5.97 Å². The minimum Gasteiger partial charge on any atom is -0.466 e. The van der Waals surface area contributed by atoms with Crippen LogP contribution in [0, 0.1) is 12.3 Å². The second-order valence-electron chi connectivity index (χ2n) is 7.91. The number of esters is 1. The molecule has 1 aromatic heterocycles. The number of benzene rings is 1. The van der Waals surface area contributed by atoms with Crippen molar-refractivity contribution < 1.29 is 14.3 Å². The Morgan fingerprint density at radius 3 is 2.73 bits per heavy atom. The van der Waals surface area contributed by atoms with Crippen molar-refractivity contribution in [1.82, 2.24) is 14.7 Å². The maximum Gasteiger partial charge on any atom is 0.314 e. The molecule has 1 atom stereocenters. The normalized spacial score (nSPS) is 19.2. The number of aryl methyl sites for hydroxylation is 2. The SMILES string of the molecule is CCOC(=O)[C@]1(C/C=C/c2ccccc2)CCCN(C(=O)CCn2ccc(C)n2)C1. The number of rotatable bonds is 8. The minimum absolute atomic E-state index is 0.0589. The quantitative estimate of drug-likeness (QED) is 0.621. The first-order valence-electron chi connectivity index (χ1n) is 10.7. The van der Waals surface area contributed by atoms with Crippen molar-refractivity contribution in [3.63, 3.8) is 0 Å². The largest absolute Gasteiger partial charge is 0.466 e. The number of allylic oxidation sites excluding steroid dienone is 1. The molecule has 2 aromatic rings. The summed E-state index contributed by atoms with van der Waals surface area (Å²) in [4.78, 5) is 27.6. The standard InChI is InChI=1S/C24H31N3O3/c1-3-30-23(29)24(14-7-11-21-9-5-4-6-10-21)15-8-16-26(19-24)22(28)13-18-27-17-12-20(2)25-27/h4-7,9-12,17H,3,8,13-16,18-19H2,1-2H3/b11-7+/t24-/m1/s1. The van der Waals surface area contributed by atoms with E-state index in [2.05, 4.69) is 5.10 Å².